The normalized spacial score (nSPS) is 21.2. The number of nitrogens with zero attached hydrogens (tertiary/aromatic N) is 3. The highest BCUT2D eigenvalue weighted by atomic mass is 16.5. The summed E-state index contributed by atoms with van der Waals surface area (Å²) in [6.45, 7) is 9.49. The Kier molecular flexibility index (Phi) is 3.22. The lowest BCUT2D eigenvalue weighted by Crippen LogP contribution is -2.57. The summed E-state index contributed by atoms with van der Waals surface area (Å²) in [4.78, 5) is 12.8. The number of hydrogen-bond acceptors (Lipinski definition) is 5. The average Bonchev–Trinajstić information content (AvgIpc) is 2.25. The molecule has 6 heteroatoms. The Labute approximate surface area is 112 Å². The minimum atomic E-state index is -1.07. The molecular formula is C13H19N3O3. The molecule has 0 saturated carbocycles. The summed E-state index contributed by atoms with van der Waals surface area (Å²) in [6.07, 6.45) is 0. The number of morpholine rings is 1. The Morgan fingerprint density at radius 2 is 1.79 bits per heavy atom. The van der Waals surface area contributed by atoms with Crippen LogP contribution in [0, 0.1) is 0 Å². The van der Waals surface area contributed by atoms with Gasteiger partial charge in [0.1, 0.15) is 0 Å². The lowest BCUT2D eigenvalue weighted by Gasteiger charge is -2.47. The summed E-state index contributed by atoms with van der Waals surface area (Å²) < 4.78 is 5.99. The van der Waals surface area contributed by atoms with Crippen LogP contribution in [0.3, 0.4) is 0 Å². The molecule has 1 aliphatic heterocycles. The molecule has 19 heavy (non-hydrogen) atoms. The van der Waals surface area contributed by atoms with Crippen molar-refractivity contribution in [2.45, 2.75) is 38.9 Å². The highest BCUT2D eigenvalue weighted by Crippen LogP contribution is 2.30. The van der Waals surface area contributed by atoms with Crippen molar-refractivity contribution >= 4 is 11.8 Å². The standard InChI is InChI=1S/C13H19N3O3/c1-12(2)7-16(8-13(3,4)19-12)10-6-5-9(11(17)18)14-15-10/h5-6H,7-8H2,1-4H3,(H,17,18). The van der Waals surface area contributed by atoms with E-state index >= 15 is 0 Å². The predicted octanol–water partition coefficient (Wildman–Crippen LogP) is 1.57. The van der Waals surface area contributed by atoms with E-state index in [9.17, 15) is 4.79 Å². The Balaban J connectivity index is 2.23. The van der Waals surface area contributed by atoms with Gasteiger partial charge in [0.2, 0.25) is 0 Å². The SMILES string of the molecule is CC1(C)CN(c2ccc(C(=O)O)nn2)CC(C)(C)O1. The van der Waals surface area contributed by atoms with Crippen LogP contribution in [0.25, 0.3) is 0 Å². The summed E-state index contributed by atoms with van der Waals surface area (Å²) in [7, 11) is 0. The first-order valence-electron chi connectivity index (χ1n) is 6.21. The second kappa shape index (κ2) is 4.45. The molecule has 0 bridgehead atoms. The average molecular weight is 265 g/mol. The maximum absolute atomic E-state index is 10.8. The molecule has 0 aromatic carbocycles. The van der Waals surface area contributed by atoms with Gasteiger partial charge >= 0.3 is 5.97 Å². The molecule has 6 nitrogen and oxygen atoms in total. The third-order valence-electron chi connectivity index (χ3n) is 2.89. The molecule has 1 aliphatic rings. The second-order valence-corrected chi connectivity index (χ2v) is 6.06. The van der Waals surface area contributed by atoms with Crippen LogP contribution in [-0.4, -0.2) is 45.6 Å². The first kappa shape index (κ1) is 13.7. The van der Waals surface area contributed by atoms with E-state index in [2.05, 4.69) is 15.1 Å². The fraction of sp³-hybridized carbons (Fsp3) is 0.615. The van der Waals surface area contributed by atoms with E-state index in [-0.39, 0.29) is 16.9 Å². The highest BCUT2D eigenvalue weighted by molar-refractivity contribution is 5.85. The fourth-order valence-corrected chi connectivity index (χ4v) is 2.56. The van der Waals surface area contributed by atoms with Crippen molar-refractivity contribution in [3.05, 3.63) is 17.8 Å². The lowest BCUT2D eigenvalue weighted by atomic mass is 9.99. The monoisotopic (exact) mass is 265 g/mol. The minimum absolute atomic E-state index is 0.0458. The number of carboxylic acids is 1. The van der Waals surface area contributed by atoms with Crippen LogP contribution < -0.4 is 4.90 Å². The smallest absolute Gasteiger partial charge is 0.356 e. The predicted molar refractivity (Wildman–Crippen MR) is 70.4 cm³/mol. The summed E-state index contributed by atoms with van der Waals surface area (Å²) in [5.74, 6) is -0.392. The molecule has 0 radical (unpaired) electrons. The van der Waals surface area contributed by atoms with Gasteiger partial charge in [-0.1, -0.05) is 0 Å². The molecule has 2 heterocycles. The van der Waals surface area contributed by atoms with E-state index < -0.39 is 5.97 Å². The van der Waals surface area contributed by atoms with Gasteiger partial charge in [0.05, 0.1) is 11.2 Å². The van der Waals surface area contributed by atoms with Crippen LogP contribution in [0.1, 0.15) is 38.2 Å². The summed E-state index contributed by atoms with van der Waals surface area (Å²) in [5.41, 5.74) is -0.611. The molecular weight excluding hydrogens is 246 g/mol. The van der Waals surface area contributed by atoms with Gasteiger partial charge in [-0.3, -0.25) is 0 Å². The molecule has 0 aliphatic carbocycles. The maximum atomic E-state index is 10.8. The van der Waals surface area contributed by atoms with Crippen LogP contribution in [0.2, 0.25) is 0 Å². The Morgan fingerprint density at radius 3 is 2.21 bits per heavy atom. The first-order chi connectivity index (χ1) is 8.69. The van der Waals surface area contributed by atoms with Crippen molar-refractivity contribution in [3.63, 3.8) is 0 Å². The van der Waals surface area contributed by atoms with Crippen molar-refractivity contribution in [3.8, 4) is 0 Å². The molecule has 1 aromatic heterocycles. The quantitative estimate of drug-likeness (QED) is 0.874. The molecule has 0 spiro atoms. The van der Waals surface area contributed by atoms with Gasteiger partial charge in [0, 0.05) is 13.1 Å². The molecule has 1 saturated heterocycles. The molecule has 1 N–H and O–H groups in total. The molecule has 104 valence electrons. The van der Waals surface area contributed by atoms with Gasteiger partial charge in [-0.2, -0.15) is 0 Å². The van der Waals surface area contributed by atoms with Gasteiger partial charge < -0.3 is 14.7 Å². The van der Waals surface area contributed by atoms with Gasteiger partial charge in [0.15, 0.2) is 11.5 Å². The minimum Gasteiger partial charge on any atom is -0.476 e. The highest BCUT2D eigenvalue weighted by Gasteiger charge is 2.38. The fourth-order valence-electron chi connectivity index (χ4n) is 2.56. The number of aromatic nitrogens is 2. The maximum Gasteiger partial charge on any atom is 0.356 e. The van der Waals surface area contributed by atoms with Crippen LogP contribution in [0.4, 0.5) is 5.82 Å². The van der Waals surface area contributed by atoms with Gasteiger partial charge in [-0.25, -0.2) is 4.79 Å². The van der Waals surface area contributed by atoms with Crippen molar-refractivity contribution < 1.29 is 14.6 Å². The number of anilines is 1. The van der Waals surface area contributed by atoms with Crippen LogP contribution in [-0.2, 0) is 4.74 Å². The number of carbonyl (C=O) groups is 1. The van der Waals surface area contributed by atoms with E-state index in [1.807, 2.05) is 27.7 Å². The Hall–Kier alpha value is -1.69. The molecule has 1 aromatic rings. The van der Waals surface area contributed by atoms with Crippen LogP contribution >= 0.6 is 0 Å². The number of rotatable bonds is 2. The van der Waals surface area contributed by atoms with Gasteiger partial charge in [-0.05, 0) is 39.8 Å². The van der Waals surface area contributed by atoms with E-state index in [1.54, 1.807) is 6.07 Å². The summed E-state index contributed by atoms with van der Waals surface area (Å²) in [5, 5.41) is 16.5. The molecule has 0 atom stereocenters. The largest absolute Gasteiger partial charge is 0.476 e. The number of carboxylic acid groups (broad SMARTS) is 1. The van der Waals surface area contributed by atoms with Crippen LogP contribution in [0.5, 0.6) is 0 Å². The van der Waals surface area contributed by atoms with Crippen molar-refractivity contribution in [1.82, 2.24) is 10.2 Å². The Morgan fingerprint density at radius 1 is 1.21 bits per heavy atom. The van der Waals surface area contributed by atoms with Crippen molar-refractivity contribution in [2.24, 2.45) is 0 Å². The molecule has 1 fully saturated rings. The number of ether oxygens (including phenoxy) is 1. The van der Waals surface area contributed by atoms with Crippen molar-refractivity contribution in [2.75, 3.05) is 18.0 Å². The summed E-state index contributed by atoms with van der Waals surface area (Å²) in [6, 6.07) is 3.16. The molecule has 0 unspecified atom stereocenters. The van der Waals surface area contributed by atoms with E-state index in [0.29, 0.717) is 18.9 Å². The Bertz CT molecular complexity index is 466. The summed E-state index contributed by atoms with van der Waals surface area (Å²) >= 11 is 0. The lowest BCUT2D eigenvalue weighted by molar-refractivity contribution is -0.133. The van der Waals surface area contributed by atoms with E-state index in [1.165, 1.54) is 6.07 Å². The van der Waals surface area contributed by atoms with Gasteiger partial charge in [-0.15, -0.1) is 10.2 Å². The van der Waals surface area contributed by atoms with Crippen molar-refractivity contribution in [1.29, 1.82) is 0 Å². The molecule has 0 amide bonds. The van der Waals surface area contributed by atoms with E-state index in [0.717, 1.165) is 0 Å². The third kappa shape index (κ3) is 3.20. The third-order valence-corrected chi connectivity index (χ3v) is 2.89. The zero-order chi connectivity index (χ0) is 14.3. The second-order valence-electron chi connectivity index (χ2n) is 6.06. The van der Waals surface area contributed by atoms with E-state index in [4.69, 9.17) is 9.84 Å². The topological polar surface area (TPSA) is 75.6 Å². The molecule has 2 rings (SSSR count). The zero-order valence-electron chi connectivity index (χ0n) is 11.7. The van der Waals surface area contributed by atoms with Gasteiger partial charge in [0.25, 0.3) is 0 Å². The zero-order valence-corrected chi connectivity index (χ0v) is 11.7. The number of aromatic carboxylic acids is 1. The van der Waals surface area contributed by atoms with Crippen LogP contribution in [0.15, 0.2) is 12.1 Å². The first-order valence-corrected chi connectivity index (χ1v) is 6.21. The number of hydrogen-bond donors (Lipinski definition) is 1.